The van der Waals surface area contributed by atoms with Crippen LogP contribution in [0.1, 0.15) is 88.5 Å². The highest BCUT2D eigenvalue weighted by atomic mass is 19.1. The maximum absolute atomic E-state index is 15.2. The zero-order valence-corrected chi connectivity index (χ0v) is 27.0. The minimum Gasteiger partial charge on any atom is -0.497 e. The van der Waals surface area contributed by atoms with E-state index in [-0.39, 0.29) is 41.7 Å². The summed E-state index contributed by atoms with van der Waals surface area (Å²) in [5.74, 6) is 0.0742. The van der Waals surface area contributed by atoms with Crippen LogP contribution in [0.2, 0.25) is 0 Å². The van der Waals surface area contributed by atoms with Crippen LogP contribution in [0, 0.1) is 16.6 Å². The summed E-state index contributed by atoms with van der Waals surface area (Å²) in [5.41, 5.74) is 3.89. The van der Waals surface area contributed by atoms with Gasteiger partial charge in [-0.3, -0.25) is 4.79 Å². The van der Waals surface area contributed by atoms with Crippen LogP contribution < -0.4 is 9.47 Å². The molecule has 0 unspecified atom stereocenters. The molecule has 0 spiro atoms. The van der Waals surface area contributed by atoms with Gasteiger partial charge < -0.3 is 24.1 Å². The van der Waals surface area contributed by atoms with E-state index in [1.807, 2.05) is 42.5 Å². The van der Waals surface area contributed by atoms with E-state index in [9.17, 15) is 9.90 Å². The molecule has 0 radical (unpaired) electrons. The van der Waals surface area contributed by atoms with E-state index in [1.54, 1.807) is 26.4 Å². The van der Waals surface area contributed by atoms with E-state index in [1.165, 1.54) is 18.9 Å². The fourth-order valence-corrected chi connectivity index (χ4v) is 6.00. The molecular weight excluding hydrogens is 559 g/mol. The van der Waals surface area contributed by atoms with Crippen molar-refractivity contribution in [3.8, 4) is 22.6 Å². The molecule has 0 aliphatic heterocycles. The van der Waals surface area contributed by atoms with Gasteiger partial charge in [0.2, 0.25) is 0 Å². The molecule has 2 atom stereocenters. The first-order valence-corrected chi connectivity index (χ1v) is 15.5. The van der Waals surface area contributed by atoms with Crippen LogP contribution in [0.15, 0.2) is 60.7 Å². The van der Waals surface area contributed by atoms with Gasteiger partial charge in [0.1, 0.15) is 23.9 Å². The highest BCUT2D eigenvalue weighted by molar-refractivity contribution is 5.71. The molecule has 0 saturated heterocycles. The third-order valence-corrected chi connectivity index (χ3v) is 8.76. The molecule has 0 aromatic heterocycles. The number of halogens is 1. The summed E-state index contributed by atoms with van der Waals surface area (Å²) >= 11 is 0. The standard InChI is InChI=1S/C37H47FO6/c1-7-37(15-16-37)23-27(21-34(39)40)26-9-8-10-29(20-26)44-24-25-11-13-30(31-22-28(42-6)12-14-33(31)38)32(19-25)35(36(2,3)4)43-18-17-41-5/h8-14,19-20,22,27,35H,7,15-18,21,23-24H2,1-6H3,(H,39,40)/t27-,35-/m0/s1. The first kappa shape index (κ1) is 33.5. The number of hydrogen-bond donors (Lipinski definition) is 1. The second kappa shape index (κ2) is 14.6. The van der Waals surface area contributed by atoms with Crippen molar-refractivity contribution in [2.75, 3.05) is 27.4 Å². The molecule has 0 bridgehead atoms. The van der Waals surface area contributed by atoms with Crippen LogP contribution >= 0.6 is 0 Å². The molecule has 6 nitrogen and oxygen atoms in total. The maximum atomic E-state index is 15.2. The summed E-state index contributed by atoms with van der Waals surface area (Å²) in [5, 5.41) is 9.62. The maximum Gasteiger partial charge on any atom is 0.303 e. The van der Waals surface area contributed by atoms with Gasteiger partial charge in [-0.2, -0.15) is 0 Å². The van der Waals surface area contributed by atoms with Crippen molar-refractivity contribution in [3.63, 3.8) is 0 Å². The summed E-state index contributed by atoms with van der Waals surface area (Å²) in [6.07, 6.45) is 4.03. The van der Waals surface area contributed by atoms with Crippen molar-refractivity contribution >= 4 is 5.97 Å². The Morgan fingerprint density at radius 1 is 0.977 bits per heavy atom. The lowest BCUT2D eigenvalue weighted by molar-refractivity contribution is -0.137. The van der Waals surface area contributed by atoms with E-state index in [2.05, 4.69) is 27.7 Å². The second-order valence-electron chi connectivity index (χ2n) is 13.1. The Bertz CT molecular complexity index is 1410. The van der Waals surface area contributed by atoms with Gasteiger partial charge in [0.15, 0.2) is 0 Å². The molecule has 1 aliphatic rings. The molecule has 0 amide bonds. The minimum atomic E-state index is -0.783. The smallest absolute Gasteiger partial charge is 0.303 e. The number of ether oxygens (including phenoxy) is 4. The molecule has 1 fully saturated rings. The van der Waals surface area contributed by atoms with Crippen molar-refractivity contribution in [3.05, 3.63) is 83.2 Å². The van der Waals surface area contributed by atoms with Crippen LogP contribution in [0.25, 0.3) is 11.1 Å². The Labute approximate surface area is 261 Å². The topological polar surface area (TPSA) is 74.2 Å². The number of carbonyl (C=O) groups is 1. The van der Waals surface area contributed by atoms with Crippen molar-refractivity contribution in [1.82, 2.24) is 0 Å². The first-order chi connectivity index (χ1) is 21.0. The van der Waals surface area contributed by atoms with Crippen molar-refractivity contribution in [2.45, 2.75) is 78.4 Å². The predicted octanol–water partition coefficient (Wildman–Crippen LogP) is 8.97. The van der Waals surface area contributed by atoms with E-state index in [4.69, 9.17) is 18.9 Å². The number of aliphatic carboxylic acids is 1. The number of hydrogen-bond acceptors (Lipinski definition) is 5. The lowest BCUT2D eigenvalue weighted by atomic mass is 9.81. The number of carboxylic acid groups (broad SMARTS) is 1. The monoisotopic (exact) mass is 606 g/mol. The number of rotatable bonds is 16. The molecule has 4 rings (SSSR count). The van der Waals surface area contributed by atoms with Crippen molar-refractivity contribution < 1.29 is 33.2 Å². The van der Waals surface area contributed by atoms with Gasteiger partial charge in [0, 0.05) is 12.7 Å². The Morgan fingerprint density at radius 3 is 2.39 bits per heavy atom. The number of benzene rings is 3. The summed E-state index contributed by atoms with van der Waals surface area (Å²) < 4.78 is 38.5. The van der Waals surface area contributed by atoms with Gasteiger partial charge in [-0.1, -0.05) is 58.4 Å². The number of methoxy groups -OCH3 is 2. The third-order valence-electron chi connectivity index (χ3n) is 8.76. The van der Waals surface area contributed by atoms with Gasteiger partial charge in [0.05, 0.1) is 32.8 Å². The lowest BCUT2D eigenvalue weighted by Crippen LogP contribution is -2.24. The van der Waals surface area contributed by atoms with E-state index >= 15 is 4.39 Å². The highest BCUT2D eigenvalue weighted by Gasteiger charge is 2.42. The Morgan fingerprint density at radius 2 is 1.75 bits per heavy atom. The lowest BCUT2D eigenvalue weighted by Gasteiger charge is -2.33. The van der Waals surface area contributed by atoms with Crippen LogP contribution in [0.4, 0.5) is 4.39 Å². The first-order valence-electron chi connectivity index (χ1n) is 15.5. The summed E-state index contributed by atoms with van der Waals surface area (Å²) in [4.78, 5) is 11.7. The van der Waals surface area contributed by atoms with Crippen molar-refractivity contribution in [2.24, 2.45) is 10.8 Å². The largest absolute Gasteiger partial charge is 0.497 e. The highest BCUT2D eigenvalue weighted by Crippen LogP contribution is 2.55. The van der Waals surface area contributed by atoms with E-state index < -0.39 is 5.97 Å². The van der Waals surface area contributed by atoms with Crippen LogP contribution in [-0.4, -0.2) is 38.5 Å². The van der Waals surface area contributed by atoms with Gasteiger partial charge >= 0.3 is 5.97 Å². The van der Waals surface area contributed by atoms with Crippen LogP contribution in [0.3, 0.4) is 0 Å². The summed E-state index contributed by atoms with van der Waals surface area (Å²) in [6.45, 7) is 9.61. The third kappa shape index (κ3) is 8.60. The normalized spacial score (nSPS) is 15.4. The molecule has 0 heterocycles. The van der Waals surface area contributed by atoms with Crippen molar-refractivity contribution in [1.29, 1.82) is 0 Å². The molecular formula is C37H47FO6. The van der Waals surface area contributed by atoms with E-state index in [0.29, 0.717) is 30.3 Å². The summed E-state index contributed by atoms with van der Waals surface area (Å²) in [6, 6.07) is 18.5. The van der Waals surface area contributed by atoms with Gasteiger partial charge in [0.25, 0.3) is 0 Å². The quantitative estimate of drug-likeness (QED) is 0.164. The second-order valence-corrected chi connectivity index (χ2v) is 13.1. The molecule has 3 aromatic rings. The summed E-state index contributed by atoms with van der Waals surface area (Å²) in [7, 11) is 3.20. The van der Waals surface area contributed by atoms with Crippen LogP contribution in [-0.2, 0) is 20.9 Å². The molecule has 44 heavy (non-hydrogen) atoms. The predicted molar refractivity (Wildman–Crippen MR) is 171 cm³/mol. The fourth-order valence-electron chi connectivity index (χ4n) is 6.00. The average molecular weight is 607 g/mol. The molecule has 3 aromatic carbocycles. The van der Waals surface area contributed by atoms with Gasteiger partial charge in [-0.15, -0.1) is 0 Å². The molecule has 1 N–H and O–H groups in total. The minimum absolute atomic E-state index is 0.0565. The zero-order chi connectivity index (χ0) is 31.9. The Hall–Kier alpha value is -3.42. The fraction of sp³-hybridized carbons (Fsp3) is 0.486. The molecule has 1 aliphatic carbocycles. The average Bonchev–Trinajstić information content (AvgIpc) is 3.77. The van der Waals surface area contributed by atoms with E-state index in [0.717, 1.165) is 35.1 Å². The zero-order valence-electron chi connectivity index (χ0n) is 27.0. The molecule has 7 heteroatoms. The van der Waals surface area contributed by atoms with Gasteiger partial charge in [-0.05, 0) is 94.7 Å². The Balaban J connectivity index is 1.65. The number of carboxylic acids is 1. The Kier molecular flexibility index (Phi) is 11.1. The molecule has 1 saturated carbocycles. The SMILES string of the molecule is CCC1(C[C@H](CC(=O)O)c2cccc(OCc3ccc(-c4cc(OC)ccc4F)c([C@H](OCCOC)C(C)(C)C)c3)c2)CC1. The molecule has 238 valence electrons. The van der Waals surface area contributed by atoms with Gasteiger partial charge in [-0.25, -0.2) is 4.39 Å². The van der Waals surface area contributed by atoms with Crippen LogP contribution in [0.5, 0.6) is 11.5 Å².